The zero-order chi connectivity index (χ0) is 14.5. The first-order valence-electron chi connectivity index (χ1n) is 7.57. The first-order valence-corrected chi connectivity index (χ1v) is 8.45. The van der Waals surface area contributed by atoms with Crippen molar-refractivity contribution in [1.29, 1.82) is 0 Å². The summed E-state index contributed by atoms with van der Waals surface area (Å²) in [6.45, 7) is 0.664. The number of thiazole rings is 1. The highest BCUT2D eigenvalue weighted by Crippen LogP contribution is 2.22. The minimum Gasteiger partial charge on any atom is -0.355 e. The van der Waals surface area contributed by atoms with E-state index in [0.717, 1.165) is 23.4 Å². The van der Waals surface area contributed by atoms with Crippen LogP contribution in [0.3, 0.4) is 0 Å². The fourth-order valence-electron chi connectivity index (χ4n) is 2.83. The average molecular weight is 300 g/mol. The maximum absolute atomic E-state index is 12.0. The van der Waals surface area contributed by atoms with E-state index in [2.05, 4.69) is 28.5 Å². The predicted molar refractivity (Wildman–Crippen MR) is 85.6 cm³/mol. The van der Waals surface area contributed by atoms with Gasteiger partial charge >= 0.3 is 0 Å². The second-order valence-corrected chi connectivity index (χ2v) is 6.49. The van der Waals surface area contributed by atoms with Gasteiger partial charge in [0, 0.05) is 24.5 Å². The Morgan fingerprint density at radius 2 is 2.10 bits per heavy atom. The van der Waals surface area contributed by atoms with Gasteiger partial charge in [0.15, 0.2) is 0 Å². The number of fused-ring (bicyclic) bond motifs is 1. The minimum atomic E-state index is 0.0994. The minimum absolute atomic E-state index is 0.0994. The van der Waals surface area contributed by atoms with Crippen LogP contribution < -0.4 is 5.32 Å². The van der Waals surface area contributed by atoms with Crippen molar-refractivity contribution >= 4 is 17.2 Å². The summed E-state index contributed by atoms with van der Waals surface area (Å²) in [6.07, 6.45) is 8.01. The first-order chi connectivity index (χ1) is 10.3. The molecule has 4 heteroatoms. The van der Waals surface area contributed by atoms with Gasteiger partial charge in [-0.1, -0.05) is 18.2 Å². The Balaban J connectivity index is 1.50. The molecule has 1 amide bonds. The van der Waals surface area contributed by atoms with E-state index in [4.69, 9.17) is 0 Å². The fraction of sp³-hybridized carbons (Fsp3) is 0.412. The van der Waals surface area contributed by atoms with Crippen LogP contribution in [-0.2, 0) is 30.5 Å². The summed E-state index contributed by atoms with van der Waals surface area (Å²) in [6, 6.07) is 6.52. The standard InChI is InChI=1S/C17H20N2OS/c20-16(18-8-7-17-19-9-10-21-17)12-13-5-6-14-3-1-2-4-15(14)11-13/h5-6,9-11H,1-4,7-8,12H2,(H,18,20). The number of carbonyl (C=O) groups excluding carboxylic acids is 1. The van der Waals surface area contributed by atoms with E-state index in [-0.39, 0.29) is 5.91 Å². The van der Waals surface area contributed by atoms with Crippen molar-refractivity contribution in [3.63, 3.8) is 0 Å². The molecule has 110 valence electrons. The summed E-state index contributed by atoms with van der Waals surface area (Å²) in [5.74, 6) is 0.0994. The third-order valence-electron chi connectivity index (χ3n) is 3.92. The van der Waals surface area contributed by atoms with Gasteiger partial charge in [0.25, 0.3) is 0 Å². The number of carbonyl (C=O) groups is 1. The van der Waals surface area contributed by atoms with Crippen molar-refractivity contribution < 1.29 is 4.79 Å². The molecule has 0 fully saturated rings. The van der Waals surface area contributed by atoms with E-state index in [1.165, 1.54) is 30.4 Å². The number of hydrogen-bond donors (Lipinski definition) is 1. The maximum Gasteiger partial charge on any atom is 0.224 e. The zero-order valence-corrected chi connectivity index (χ0v) is 12.9. The number of amides is 1. The molecule has 0 saturated heterocycles. The Labute approximate surface area is 129 Å². The number of nitrogens with zero attached hydrogens (tertiary/aromatic N) is 1. The molecule has 21 heavy (non-hydrogen) atoms. The van der Waals surface area contributed by atoms with Crippen LogP contribution >= 0.6 is 11.3 Å². The van der Waals surface area contributed by atoms with E-state index >= 15 is 0 Å². The van der Waals surface area contributed by atoms with Gasteiger partial charge in [0.2, 0.25) is 5.91 Å². The molecule has 0 bridgehead atoms. The van der Waals surface area contributed by atoms with Crippen molar-refractivity contribution in [2.24, 2.45) is 0 Å². The lowest BCUT2D eigenvalue weighted by Gasteiger charge is -2.16. The molecule has 2 aromatic rings. The largest absolute Gasteiger partial charge is 0.355 e. The smallest absolute Gasteiger partial charge is 0.224 e. The van der Waals surface area contributed by atoms with Gasteiger partial charge in [-0.15, -0.1) is 11.3 Å². The molecule has 1 aliphatic rings. The molecule has 1 aliphatic carbocycles. The molecule has 0 atom stereocenters. The van der Waals surface area contributed by atoms with Crippen LogP contribution in [0.25, 0.3) is 0 Å². The highest BCUT2D eigenvalue weighted by molar-refractivity contribution is 7.09. The molecule has 1 heterocycles. The molecule has 0 saturated carbocycles. The lowest BCUT2D eigenvalue weighted by molar-refractivity contribution is -0.120. The van der Waals surface area contributed by atoms with E-state index in [1.807, 2.05) is 5.38 Å². The highest BCUT2D eigenvalue weighted by atomic mass is 32.1. The quantitative estimate of drug-likeness (QED) is 0.922. The molecule has 1 aromatic carbocycles. The monoisotopic (exact) mass is 300 g/mol. The van der Waals surface area contributed by atoms with E-state index < -0.39 is 0 Å². The molecule has 3 nitrogen and oxygen atoms in total. The summed E-state index contributed by atoms with van der Waals surface area (Å²) in [4.78, 5) is 16.2. The number of aryl methyl sites for hydroxylation is 2. The Morgan fingerprint density at radius 3 is 2.90 bits per heavy atom. The van der Waals surface area contributed by atoms with E-state index in [1.54, 1.807) is 17.5 Å². The van der Waals surface area contributed by atoms with Gasteiger partial charge in [-0.2, -0.15) is 0 Å². The predicted octanol–water partition coefficient (Wildman–Crippen LogP) is 2.92. The molecule has 0 spiro atoms. The Kier molecular flexibility index (Phi) is 4.65. The Hall–Kier alpha value is -1.68. The topological polar surface area (TPSA) is 42.0 Å². The van der Waals surface area contributed by atoms with Crippen LogP contribution in [0.15, 0.2) is 29.8 Å². The van der Waals surface area contributed by atoms with Crippen molar-refractivity contribution in [3.05, 3.63) is 51.5 Å². The van der Waals surface area contributed by atoms with Crippen molar-refractivity contribution in [2.45, 2.75) is 38.5 Å². The molecule has 1 aromatic heterocycles. The average Bonchev–Trinajstić information content (AvgIpc) is 3.00. The maximum atomic E-state index is 12.0. The number of rotatable bonds is 5. The van der Waals surface area contributed by atoms with Crippen LogP contribution in [0.1, 0.15) is 34.5 Å². The van der Waals surface area contributed by atoms with Crippen molar-refractivity contribution in [2.75, 3.05) is 6.54 Å². The van der Waals surface area contributed by atoms with Gasteiger partial charge in [-0.25, -0.2) is 4.98 Å². The van der Waals surface area contributed by atoms with Crippen LogP contribution in [0, 0.1) is 0 Å². The van der Waals surface area contributed by atoms with Gasteiger partial charge < -0.3 is 5.32 Å². The van der Waals surface area contributed by atoms with Gasteiger partial charge in [0.1, 0.15) is 0 Å². The third-order valence-corrected chi connectivity index (χ3v) is 4.76. The van der Waals surface area contributed by atoms with Gasteiger partial charge in [-0.3, -0.25) is 4.79 Å². The molecule has 0 unspecified atom stereocenters. The number of nitrogens with one attached hydrogen (secondary N) is 1. The fourth-order valence-corrected chi connectivity index (χ4v) is 3.45. The second-order valence-electron chi connectivity index (χ2n) is 5.51. The summed E-state index contributed by atoms with van der Waals surface area (Å²) in [5, 5.41) is 6.01. The normalized spacial score (nSPS) is 13.7. The van der Waals surface area contributed by atoms with Crippen LogP contribution in [0.5, 0.6) is 0 Å². The van der Waals surface area contributed by atoms with Crippen LogP contribution in [0.4, 0.5) is 0 Å². The molecule has 0 radical (unpaired) electrons. The molecule has 1 N–H and O–H groups in total. The van der Waals surface area contributed by atoms with E-state index in [0.29, 0.717) is 13.0 Å². The SMILES string of the molecule is O=C(Cc1ccc2c(c1)CCCC2)NCCc1nccs1. The van der Waals surface area contributed by atoms with Gasteiger partial charge in [0.05, 0.1) is 11.4 Å². The molecule has 0 aliphatic heterocycles. The lowest BCUT2D eigenvalue weighted by atomic mass is 9.90. The second kappa shape index (κ2) is 6.85. The third kappa shape index (κ3) is 3.91. The summed E-state index contributed by atoms with van der Waals surface area (Å²) >= 11 is 1.63. The molecule has 3 rings (SSSR count). The lowest BCUT2D eigenvalue weighted by Crippen LogP contribution is -2.27. The Bertz CT molecular complexity index is 607. The first kappa shape index (κ1) is 14.3. The highest BCUT2D eigenvalue weighted by Gasteiger charge is 2.11. The summed E-state index contributed by atoms with van der Waals surface area (Å²) < 4.78 is 0. The summed E-state index contributed by atoms with van der Waals surface area (Å²) in [5.41, 5.74) is 4.03. The number of aromatic nitrogens is 1. The van der Waals surface area contributed by atoms with Crippen molar-refractivity contribution in [3.8, 4) is 0 Å². The van der Waals surface area contributed by atoms with Crippen molar-refractivity contribution in [1.82, 2.24) is 10.3 Å². The number of hydrogen-bond acceptors (Lipinski definition) is 3. The molecular formula is C17H20N2OS. The van der Waals surface area contributed by atoms with Crippen LogP contribution in [0.2, 0.25) is 0 Å². The van der Waals surface area contributed by atoms with E-state index in [9.17, 15) is 4.79 Å². The number of benzene rings is 1. The summed E-state index contributed by atoms with van der Waals surface area (Å²) in [7, 11) is 0. The van der Waals surface area contributed by atoms with Gasteiger partial charge in [-0.05, 0) is 42.4 Å². The van der Waals surface area contributed by atoms with Crippen LogP contribution in [-0.4, -0.2) is 17.4 Å². The molecular weight excluding hydrogens is 280 g/mol. The zero-order valence-electron chi connectivity index (χ0n) is 12.1. The Morgan fingerprint density at radius 1 is 1.24 bits per heavy atom.